The highest BCUT2D eigenvalue weighted by Crippen LogP contribution is 2.24. The van der Waals surface area contributed by atoms with Crippen LogP contribution in [-0.4, -0.2) is 7.05 Å². The molecule has 2 aromatic rings. The van der Waals surface area contributed by atoms with Crippen LogP contribution in [0.25, 0.3) is 0 Å². The van der Waals surface area contributed by atoms with Gasteiger partial charge >= 0.3 is 0 Å². The van der Waals surface area contributed by atoms with E-state index in [1.165, 1.54) is 18.2 Å². The van der Waals surface area contributed by atoms with Crippen molar-refractivity contribution in [2.75, 3.05) is 7.05 Å². The summed E-state index contributed by atoms with van der Waals surface area (Å²) >= 11 is 3.08. The summed E-state index contributed by atoms with van der Waals surface area (Å²) < 4.78 is 40.8. The van der Waals surface area contributed by atoms with Crippen molar-refractivity contribution in [1.29, 1.82) is 0 Å². The highest BCUT2D eigenvalue weighted by molar-refractivity contribution is 9.10. The van der Waals surface area contributed by atoms with Crippen LogP contribution in [0.1, 0.15) is 17.2 Å². The van der Waals surface area contributed by atoms with Gasteiger partial charge in [-0.2, -0.15) is 0 Å². The predicted molar refractivity (Wildman–Crippen MR) is 76.0 cm³/mol. The molecule has 2 aromatic carbocycles. The van der Waals surface area contributed by atoms with Crippen molar-refractivity contribution in [3.05, 3.63) is 69.4 Å². The third-order valence-corrected chi connectivity index (χ3v) is 3.79. The first-order valence-electron chi connectivity index (χ1n) is 6.08. The van der Waals surface area contributed by atoms with Crippen molar-refractivity contribution in [3.63, 3.8) is 0 Å². The van der Waals surface area contributed by atoms with E-state index < -0.39 is 11.6 Å². The molecule has 0 saturated carbocycles. The van der Waals surface area contributed by atoms with Gasteiger partial charge in [-0.1, -0.05) is 18.2 Å². The van der Waals surface area contributed by atoms with Gasteiger partial charge < -0.3 is 5.32 Å². The van der Waals surface area contributed by atoms with Gasteiger partial charge in [-0.05, 0) is 58.7 Å². The smallest absolute Gasteiger partial charge is 0.162 e. The third-order valence-electron chi connectivity index (χ3n) is 3.15. The van der Waals surface area contributed by atoms with Crippen molar-refractivity contribution in [3.8, 4) is 0 Å². The molecule has 0 bridgehead atoms. The Morgan fingerprint density at radius 1 is 1.10 bits per heavy atom. The van der Waals surface area contributed by atoms with Crippen LogP contribution in [-0.2, 0) is 6.42 Å². The minimum Gasteiger partial charge on any atom is -0.313 e. The summed E-state index contributed by atoms with van der Waals surface area (Å²) in [6.07, 6.45) is 0.237. The van der Waals surface area contributed by atoms with Crippen molar-refractivity contribution >= 4 is 15.9 Å². The fourth-order valence-electron chi connectivity index (χ4n) is 2.04. The van der Waals surface area contributed by atoms with E-state index in [-0.39, 0.29) is 23.8 Å². The van der Waals surface area contributed by atoms with E-state index in [1.54, 1.807) is 19.2 Å². The summed E-state index contributed by atoms with van der Waals surface area (Å²) in [5, 5.41) is 2.99. The second kappa shape index (κ2) is 6.41. The summed E-state index contributed by atoms with van der Waals surface area (Å²) in [5.74, 6) is -2.12. The quantitative estimate of drug-likeness (QED) is 0.869. The first-order chi connectivity index (χ1) is 9.52. The number of nitrogens with one attached hydrogen (secondary N) is 1. The second-order valence-electron chi connectivity index (χ2n) is 4.43. The maximum absolute atomic E-state index is 13.7. The van der Waals surface area contributed by atoms with Gasteiger partial charge in [0.05, 0.1) is 4.47 Å². The molecule has 0 saturated heterocycles. The van der Waals surface area contributed by atoms with Crippen LogP contribution in [0.2, 0.25) is 0 Å². The van der Waals surface area contributed by atoms with Gasteiger partial charge in [0.15, 0.2) is 11.6 Å². The molecule has 1 nitrogen and oxygen atoms in total. The molecule has 0 spiro atoms. The number of likely N-dealkylation sites (N-methyl/N-ethyl adjacent to an activating group) is 1. The van der Waals surface area contributed by atoms with Gasteiger partial charge in [0.2, 0.25) is 0 Å². The number of rotatable bonds is 4. The standard InChI is InChI=1S/C15H13BrF3N/c1-20-14(9-5-6-11(16)13(18)7-9)8-10-3-2-4-12(17)15(10)19/h2-7,14,20H,8H2,1H3. The highest BCUT2D eigenvalue weighted by atomic mass is 79.9. The topological polar surface area (TPSA) is 12.0 Å². The molecule has 0 aliphatic heterocycles. The van der Waals surface area contributed by atoms with Gasteiger partial charge in [0.1, 0.15) is 5.82 Å². The molecule has 1 N–H and O–H groups in total. The molecule has 1 unspecified atom stereocenters. The molecule has 0 aromatic heterocycles. The fraction of sp³-hybridized carbons (Fsp3) is 0.200. The minimum atomic E-state index is -0.876. The first kappa shape index (κ1) is 15.1. The Bertz CT molecular complexity index is 616. The Morgan fingerprint density at radius 2 is 1.85 bits per heavy atom. The van der Waals surface area contributed by atoms with Crippen LogP contribution in [0.3, 0.4) is 0 Å². The van der Waals surface area contributed by atoms with Gasteiger partial charge in [-0.15, -0.1) is 0 Å². The van der Waals surface area contributed by atoms with Gasteiger partial charge in [-0.3, -0.25) is 0 Å². The van der Waals surface area contributed by atoms with Crippen LogP contribution in [0.15, 0.2) is 40.9 Å². The minimum absolute atomic E-state index is 0.237. The largest absolute Gasteiger partial charge is 0.313 e. The van der Waals surface area contributed by atoms with Crippen molar-refractivity contribution in [2.45, 2.75) is 12.5 Å². The maximum atomic E-state index is 13.7. The number of benzene rings is 2. The van der Waals surface area contributed by atoms with E-state index >= 15 is 0 Å². The van der Waals surface area contributed by atoms with Crippen molar-refractivity contribution in [1.82, 2.24) is 5.32 Å². The lowest BCUT2D eigenvalue weighted by molar-refractivity contribution is 0.486. The Kier molecular flexibility index (Phi) is 4.83. The molecule has 0 amide bonds. The Balaban J connectivity index is 2.28. The van der Waals surface area contributed by atoms with Gasteiger partial charge in [0, 0.05) is 6.04 Å². The lowest BCUT2D eigenvalue weighted by Gasteiger charge is -2.17. The molecule has 0 heterocycles. The van der Waals surface area contributed by atoms with Gasteiger partial charge in [-0.25, -0.2) is 13.2 Å². The average Bonchev–Trinajstić information content (AvgIpc) is 2.44. The van der Waals surface area contributed by atoms with E-state index in [0.29, 0.717) is 10.0 Å². The SMILES string of the molecule is CNC(Cc1cccc(F)c1F)c1ccc(Br)c(F)c1. The van der Waals surface area contributed by atoms with Crippen LogP contribution in [0.4, 0.5) is 13.2 Å². The lowest BCUT2D eigenvalue weighted by atomic mass is 9.98. The maximum Gasteiger partial charge on any atom is 0.162 e. The monoisotopic (exact) mass is 343 g/mol. The van der Waals surface area contributed by atoms with Gasteiger partial charge in [0.25, 0.3) is 0 Å². The molecule has 0 radical (unpaired) electrons. The zero-order valence-electron chi connectivity index (χ0n) is 10.8. The summed E-state index contributed by atoms with van der Waals surface area (Å²) in [6.45, 7) is 0. The first-order valence-corrected chi connectivity index (χ1v) is 6.87. The molecule has 106 valence electrons. The normalized spacial score (nSPS) is 12.4. The lowest BCUT2D eigenvalue weighted by Crippen LogP contribution is -2.19. The summed E-state index contributed by atoms with van der Waals surface area (Å²) in [4.78, 5) is 0. The van der Waals surface area contributed by atoms with Crippen molar-refractivity contribution < 1.29 is 13.2 Å². The zero-order valence-corrected chi connectivity index (χ0v) is 12.3. The molecular weight excluding hydrogens is 331 g/mol. The molecule has 20 heavy (non-hydrogen) atoms. The molecule has 0 fully saturated rings. The van der Waals surface area contributed by atoms with E-state index in [0.717, 1.165) is 6.07 Å². The predicted octanol–water partition coefficient (Wildman–Crippen LogP) is 4.37. The Labute approximate surface area is 123 Å². The van der Waals surface area contributed by atoms with Crippen LogP contribution >= 0.6 is 15.9 Å². The molecule has 1 atom stereocenters. The third kappa shape index (κ3) is 3.22. The molecule has 5 heteroatoms. The number of hydrogen-bond donors (Lipinski definition) is 1. The fourth-order valence-corrected chi connectivity index (χ4v) is 2.29. The number of hydrogen-bond acceptors (Lipinski definition) is 1. The van der Waals surface area contributed by atoms with E-state index in [4.69, 9.17) is 0 Å². The zero-order chi connectivity index (χ0) is 14.7. The molecular formula is C15H13BrF3N. The Morgan fingerprint density at radius 3 is 2.50 bits per heavy atom. The number of halogens is 4. The van der Waals surface area contributed by atoms with E-state index in [9.17, 15) is 13.2 Å². The molecule has 0 aliphatic carbocycles. The highest BCUT2D eigenvalue weighted by Gasteiger charge is 2.16. The van der Waals surface area contributed by atoms with Crippen molar-refractivity contribution in [2.24, 2.45) is 0 Å². The second-order valence-corrected chi connectivity index (χ2v) is 5.29. The summed E-state index contributed by atoms with van der Waals surface area (Å²) in [6, 6.07) is 8.48. The van der Waals surface area contributed by atoms with Crippen LogP contribution in [0, 0.1) is 17.5 Å². The van der Waals surface area contributed by atoms with Crippen LogP contribution < -0.4 is 5.32 Å². The van der Waals surface area contributed by atoms with E-state index in [1.807, 2.05) is 0 Å². The van der Waals surface area contributed by atoms with Crippen LogP contribution in [0.5, 0.6) is 0 Å². The Hall–Kier alpha value is -1.33. The summed E-state index contributed by atoms with van der Waals surface area (Å²) in [7, 11) is 1.70. The molecule has 0 aliphatic rings. The average molecular weight is 344 g/mol. The molecule has 2 rings (SSSR count). The van der Waals surface area contributed by atoms with E-state index in [2.05, 4.69) is 21.2 Å². The summed E-state index contributed by atoms with van der Waals surface area (Å²) in [5.41, 5.74) is 0.935.